The molecule has 2 heterocycles. The molecule has 2 N–H and O–H groups in total. The van der Waals surface area contributed by atoms with Gasteiger partial charge >= 0.3 is 0 Å². The van der Waals surface area contributed by atoms with Crippen molar-refractivity contribution in [2.45, 2.75) is 12.8 Å². The predicted molar refractivity (Wildman–Crippen MR) is 77.0 cm³/mol. The standard InChI is InChI=1S/C14H14ClFN4/c15-14-19-12-5-7-17-6-4-11(12)13(20-14)18-10-3-1-2-9(16)8-10/h1-3,8,17H,4-7H2,(H,18,19,20). The molecule has 3 rings (SSSR count). The summed E-state index contributed by atoms with van der Waals surface area (Å²) in [6.45, 7) is 1.75. The van der Waals surface area contributed by atoms with Gasteiger partial charge in [0.05, 0.1) is 5.69 Å². The molecular weight excluding hydrogens is 279 g/mol. The molecule has 0 spiro atoms. The number of benzene rings is 1. The van der Waals surface area contributed by atoms with Crippen molar-refractivity contribution >= 4 is 23.1 Å². The van der Waals surface area contributed by atoms with E-state index in [4.69, 9.17) is 11.6 Å². The van der Waals surface area contributed by atoms with Gasteiger partial charge in [0.1, 0.15) is 11.6 Å². The minimum atomic E-state index is -0.289. The first-order chi connectivity index (χ1) is 9.72. The van der Waals surface area contributed by atoms with E-state index in [1.54, 1.807) is 12.1 Å². The molecule has 1 aliphatic rings. The molecule has 2 aromatic rings. The van der Waals surface area contributed by atoms with Crippen LogP contribution in [0.5, 0.6) is 0 Å². The van der Waals surface area contributed by atoms with Gasteiger partial charge in [0.2, 0.25) is 5.28 Å². The molecule has 0 amide bonds. The molecule has 0 atom stereocenters. The van der Waals surface area contributed by atoms with E-state index in [0.717, 1.165) is 37.2 Å². The van der Waals surface area contributed by atoms with E-state index in [2.05, 4.69) is 20.6 Å². The van der Waals surface area contributed by atoms with Crippen LogP contribution in [0.3, 0.4) is 0 Å². The first kappa shape index (κ1) is 13.3. The van der Waals surface area contributed by atoms with Crippen LogP contribution in [0.2, 0.25) is 5.28 Å². The first-order valence-electron chi connectivity index (χ1n) is 6.51. The van der Waals surface area contributed by atoms with Crippen molar-refractivity contribution in [1.29, 1.82) is 0 Å². The number of nitrogens with one attached hydrogen (secondary N) is 2. The maximum absolute atomic E-state index is 13.2. The summed E-state index contributed by atoms with van der Waals surface area (Å²) < 4.78 is 13.2. The lowest BCUT2D eigenvalue weighted by molar-refractivity contribution is 0.628. The van der Waals surface area contributed by atoms with Crippen molar-refractivity contribution in [2.75, 3.05) is 18.4 Å². The van der Waals surface area contributed by atoms with Crippen LogP contribution >= 0.6 is 11.6 Å². The largest absolute Gasteiger partial charge is 0.340 e. The lowest BCUT2D eigenvalue weighted by atomic mass is 10.1. The van der Waals surface area contributed by atoms with Crippen molar-refractivity contribution < 1.29 is 4.39 Å². The maximum Gasteiger partial charge on any atom is 0.224 e. The van der Waals surface area contributed by atoms with Crippen LogP contribution in [-0.2, 0) is 12.8 Å². The number of fused-ring (bicyclic) bond motifs is 1. The van der Waals surface area contributed by atoms with Crippen LogP contribution in [-0.4, -0.2) is 23.1 Å². The Balaban J connectivity index is 1.98. The summed E-state index contributed by atoms with van der Waals surface area (Å²) in [6.07, 6.45) is 1.64. The summed E-state index contributed by atoms with van der Waals surface area (Å²) >= 11 is 5.98. The minimum Gasteiger partial charge on any atom is -0.340 e. The van der Waals surface area contributed by atoms with Gasteiger partial charge in [-0.25, -0.2) is 14.4 Å². The zero-order chi connectivity index (χ0) is 13.9. The smallest absolute Gasteiger partial charge is 0.224 e. The fourth-order valence-corrected chi connectivity index (χ4v) is 2.51. The highest BCUT2D eigenvalue weighted by atomic mass is 35.5. The lowest BCUT2D eigenvalue weighted by Crippen LogP contribution is -2.16. The Morgan fingerprint density at radius 3 is 2.90 bits per heavy atom. The van der Waals surface area contributed by atoms with E-state index in [1.165, 1.54) is 12.1 Å². The highest BCUT2D eigenvalue weighted by molar-refractivity contribution is 6.28. The number of hydrogen-bond donors (Lipinski definition) is 2. The highest BCUT2D eigenvalue weighted by Gasteiger charge is 2.16. The van der Waals surface area contributed by atoms with Gasteiger partial charge in [-0.1, -0.05) is 6.07 Å². The Labute approximate surface area is 121 Å². The molecule has 0 radical (unpaired) electrons. The maximum atomic E-state index is 13.2. The van der Waals surface area contributed by atoms with E-state index in [-0.39, 0.29) is 11.1 Å². The molecule has 0 fully saturated rings. The zero-order valence-corrected chi connectivity index (χ0v) is 11.5. The van der Waals surface area contributed by atoms with Crippen LogP contribution in [0.1, 0.15) is 11.3 Å². The lowest BCUT2D eigenvalue weighted by Gasteiger charge is -2.13. The third kappa shape index (κ3) is 2.89. The van der Waals surface area contributed by atoms with Crippen molar-refractivity contribution in [3.8, 4) is 0 Å². The molecule has 104 valence electrons. The predicted octanol–water partition coefficient (Wildman–Crippen LogP) is 2.70. The number of anilines is 2. The SMILES string of the molecule is Fc1cccc(Nc2nc(Cl)nc3c2CCNCC3)c1. The van der Waals surface area contributed by atoms with Crippen LogP contribution in [0.4, 0.5) is 15.9 Å². The second-order valence-electron chi connectivity index (χ2n) is 4.65. The fourth-order valence-electron chi connectivity index (χ4n) is 2.32. The topological polar surface area (TPSA) is 49.8 Å². The molecular formula is C14H14ClFN4. The number of aromatic nitrogens is 2. The third-order valence-corrected chi connectivity index (χ3v) is 3.41. The Morgan fingerprint density at radius 1 is 1.20 bits per heavy atom. The zero-order valence-electron chi connectivity index (χ0n) is 10.8. The van der Waals surface area contributed by atoms with E-state index >= 15 is 0 Å². The normalized spacial score (nSPS) is 14.5. The van der Waals surface area contributed by atoms with E-state index in [0.29, 0.717) is 11.5 Å². The molecule has 1 aliphatic heterocycles. The Bertz CT molecular complexity index is 633. The van der Waals surface area contributed by atoms with Crippen LogP contribution in [0.25, 0.3) is 0 Å². The second-order valence-corrected chi connectivity index (χ2v) is 4.99. The summed E-state index contributed by atoms with van der Waals surface area (Å²) in [5, 5.41) is 6.67. The monoisotopic (exact) mass is 292 g/mol. The summed E-state index contributed by atoms with van der Waals surface area (Å²) in [7, 11) is 0. The fraction of sp³-hybridized carbons (Fsp3) is 0.286. The van der Waals surface area contributed by atoms with Gasteiger partial charge in [0.25, 0.3) is 0 Å². The van der Waals surface area contributed by atoms with Gasteiger partial charge in [0, 0.05) is 24.2 Å². The molecule has 0 unspecified atom stereocenters. The van der Waals surface area contributed by atoms with Gasteiger partial charge in [0.15, 0.2) is 0 Å². The Morgan fingerprint density at radius 2 is 2.05 bits per heavy atom. The number of hydrogen-bond acceptors (Lipinski definition) is 4. The summed E-state index contributed by atoms with van der Waals surface area (Å²) in [5.74, 6) is 0.372. The summed E-state index contributed by atoms with van der Waals surface area (Å²) in [6, 6.07) is 6.28. The van der Waals surface area contributed by atoms with Gasteiger partial charge in [-0.2, -0.15) is 0 Å². The quantitative estimate of drug-likeness (QED) is 0.836. The molecule has 0 aliphatic carbocycles. The van der Waals surface area contributed by atoms with Gasteiger partial charge in [-0.3, -0.25) is 0 Å². The average molecular weight is 293 g/mol. The number of halogens is 2. The number of rotatable bonds is 2. The van der Waals surface area contributed by atoms with E-state index in [9.17, 15) is 4.39 Å². The van der Waals surface area contributed by atoms with Crippen molar-refractivity contribution in [2.24, 2.45) is 0 Å². The highest BCUT2D eigenvalue weighted by Crippen LogP contribution is 2.25. The van der Waals surface area contributed by atoms with Crippen molar-refractivity contribution in [3.63, 3.8) is 0 Å². The minimum absolute atomic E-state index is 0.213. The summed E-state index contributed by atoms with van der Waals surface area (Å²) in [4.78, 5) is 8.54. The average Bonchev–Trinajstić information content (AvgIpc) is 2.64. The molecule has 0 bridgehead atoms. The number of nitrogens with zero attached hydrogens (tertiary/aromatic N) is 2. The Kier molecular flexibility index (Phi) is 3.80. The van der Waals surface area contributed by atoms with Crippen LogP contribution < -0.4 is 10.6 Å². The second kappa shape index (κ2) is 5.73. The van der Waals surface area contributed by atoms with Crippen LogP contribution in [0.15, 0.2) is 24.3 Å². The van der Waals surface area contributed by atoms with Crippen molar-refractivity contribution in [1.82, 2.24) is 15.3 Å². The third-order valence-electron chi connectivity index (χ3n) is 3.24. The molecule has 1 aromatic carbocycles. The first-order valence-corrected chi connectivity index (χ1v) is 6.89. The molecule has 20 heavy (non-hydrogen) atoms. The molecule has 4 nitrogen and oxygen atoms in total. The Hall–Kier alpha value is -1.72. The molecule has 6 heteroatoms. The van der Waals surface area contributed by atoms with Crippen LogP contribution in [0, 0.1) is 5.82 Å². The summed E-state index contributed by atoms with van der Waals surface area (Å²) in [5.41, 5.74) is 2.65. The van der Waals surface area contributed by atoms with E-state index in [1.807, 2.05) is 0 Å². The molecule has 0 saturated carbocycles. The van der Waals surface area contributed by atoms with Gasteiger partial charge in [-0.15, -0.1) is 0 Å². The van der Waals surface area contributed by atoms with Gasteiger partial charge < -0.3 is 10.6 Å². The van der Waals surface area contributed by atoms with E-state index < -0.39 is 0 Å². The molecule has 1 aromatic heterocycles. The molecule has 0 saturated heterocycles. The van der Waals surface area contributed by atoms with Gasteiger partial charge in [-0.05, 0) is 42.8 Å². The van der Waals surface area contributed by atoms with Crippen molar-refractivity contribution in [3.05, 3.63) is 46.6 Å².